The Morgan fingerprint density at radius 2 is 2.08 bits per heavy atom. The minimum absolute atomic E-state index is 0.0473. The molecule has 0 radical (unpaired) electrons. The molecule has 3 heterocycles. The van der Waals surface area contributed by atoms with Crippen LogP contribution in [0.25, 0.3) is 0 Å². The first kappa shape index (κ1) is 28.7. The van der Waals surface area contributed by atoms with Crippen molar-refractivity contribution in [2.24, 2.45) is 4.99 Å². The summed E-state index contributed by atoms with van der Waals surface area (Å²) < 4.78 is 5.48. The van der Waals surface area contributed by atoms with Gasteiger partial charge in [-0.25, -0.2) is 4.98 Å². The quantitative estimate of drug-likeness (QED) is 0.228. The van der Waals surface area contributed by atoms with Gasteiger partial charge in [0.15, 0.2) is 0 Å². The Labute approximate surface area is 226 Å². The molecule has 0 atom stereocenters. The van der Waals surface area contributed by atoms with Gasteiger partial charge >= 0.3 is 0 Å². The molecule has 1 aliphatic carbocycles. The highest BCUT2D eigenvalue weighted by Gasteiger charge is 2.16. The van der Waals surface area contributed by atoms with E-state index in [-0.39, 0.29) is 5.91 Å². The molecule has 200 valence electrons. The standard InChI is InChI=1S/C18H26N2S.C11H15N3O2/c1-4-19-18(17-10-6-5-9-15(2)13-17)21-16(3)14-20-11-7-8-12-20;1-2-3-4-16-11-5-8-9(6-13-11)14-10(15)7-12-8/h6,9-10,13H,3-5,7-8,11-12,14H2,1-2H3;5-6,12H,2-4,7H2,1H3,(H,14,15). The summed E-state index contributed by atoms with van der Waals surface area (Å²) in [6.45, 7) is 15.8. The number of aliphatic imine (C=N–C) groups is 1. The van der Waals surface area contributed by atoms with Crippen LogP contribution >= 0.6 is 11.8 Å². The SMILES string of the molecule is C=C(CN1CCCC1)SC(=NCC)C1=CC(C)=CCC=C1.CCCCOc1cc2c(cn1)NC(=O)CN2. The van der Waals surface area contributed by atoms with Gasteiger partial charge in [0.05, 0.1) is 30.7 Å². The van der Waals surface area contributed by atoms with Gasteiger partial charge in [0.25, 0.3) is 0 Å². The molecule has 7 nitrogen and oxygen atoms in total. The Bertz CT molecular complexity index is 1050. The summed E-state index contributed by atoms with van der Waals surface area (Å²) in [6, 6.07) is 1.81. The third kappa shape index (κ3) is 9.85. The third-order valence-electron chi connectivity index (χ3n) is 5.99. The fourth-order valence-corrected chi connectivity index (χ4v) is 5.03. The molecule has 0 saturated carbocycles. The molecule has 0 bridgehead atoms. The molecule has 2 aliphatic heterocycles. The van der Waals surface area contributed by atoms with Crippen molar-refractivity contribution in [2.75, 3.05) is 50.0 Å². The summed E-state index contributed by atoms with van der Waals surface area (Å²) >= 11 is 1.74. The van der Waals surface area contributed by atoms with Gasteiger partial charge < -0.3 is 15.4 Å². The predicted molar refractivity (Wildman–Crippen MR) is 158 cm³/mol. The molecule has 1 saturated heterocycles. The van der Waals surface area contributed by atoms with E-state index in [1.165, 1.54) is 42.0 Å². The van der Waals surface area contributed by atoms with Crippen molar-refractivity contribution in [3.63, 3.8) is 0 Å². The van der Waals surface area contributed by atoms with Crippen LogP contribution in [0.2, 0.25) is 0 Å². The summed E-state index contributed by atoms with van der Waals surface area (Å²) in [5, 5.41) is 6.85. The lowest BCUT2D eigenvalue weighted by Crippen LogP contribution is -2.27. The van der Waals surface area contributed by atoms with Gasteiger partial charge in [0, 0.05) is 24.7 Å². The number of fused-ring (bicyclic) bond motifs is 1. The molecule has 1 aromatic heterocycles. The van der Waals surface area contributed by atoms with Crippen LogP contribution in [-0.2, 0) is 4.79 Å². The Balaban J connectivity index is 0.000000213. The largest absolute Gasteiger partial charge is 0.478 e. The van der Waals surface area contributed by atoms with E-state index >= 15 is 0 Å². The van der Waals surface area contributed by atoms with Gasteiger partial charge in [0.2, 0.25) is 11.8 Å². The van der Waals surface area contributed by atoms with E-state index in [1.54, 1.807) is 18.0 Å². The topological polar surface area (TPSA) is 78.8 Å². The van der Waals surface area contributed by atoms with Crippen molar-refractivity contribution in [2.45, 2.75) is 52.9 Å². The van der Waals surface area contributed by atoms with Crippen molar-refractivity contribution < 1.29 is 9.53 Å². The number of hydrogen-bond acceptors (Lipinski definition) is 7. The van der Waals surface area contributed by atoms with Crippen LogP contribution in [0.1, 0.15) is 52.9 Å². The zero-order chi connectivity index (χ0) is 26.5. The highest BCUT2D eigenvalue weighted by Crippen LogP contribution is 2.27. The number of carbonyl (C=O) groups is 1. The van der Waals surface area contributed by atoms with E-state index in [4.69, 9.17) is 9.73 Å². The predicted octanol–water partition coefficient (Wildman–Crippen LogP) is 6.20. The third-order valence-corrected chi connectivity index (χ3v) is 6.96. The number of hydrogen-bond donors (Lipinski definition) is 2. The number of ether oxygens (including phenoxy) is 1. The van der Waals surface area contributed by atoms with Crippen LogP contribution in [0, 0.1) is 0 Å². The highest BCUT2D eigenvalue weighted by molar-refractivity contribution is 8.17. The smallest absolute Gasteiger partial charge is 0.243 e. The van der Waals surface area contributed by atoms with Gasteiger partial charge in [-0.2, -0.15) is 0 Å². The van der Waals surface area contributed by atoms with E-state index < -0.39 is 0 Å². The lowest BCUT2D eigenvalue weighted by molar-refractivity contribution is -0.114. The first-order chi connectivity index (χ1) is 18.0. The van der Waals surface area contributed by atoms with Crippen LogP contribution in [0.5, 0.6) is 5.88 Å². The molecule has 2 N–H and O–H groups in total. The minimum atomic E-state index is -0.0473. The minimum Gasteiger partial charge on any atom is -0.478 e. The second-order valence-electron chi connectivity index (χ2n) is 9.26. The summed E-state index contributed by atoms with van der Waals surface area (Å²) in [6.07, 6.45) is 16.3. The summed E-state index contributed by atoms with van der Waals surface area (Å²) in [5.74, 6) is 0.546. The monoisotopic (exact) mass is 523 g/mol. The van der Waals surface area contributed by atoms with E-state index in [0.717, 1.165) is 43.1 Å². The van der Waals surface area contributed by atoms with Crippen LogP contribution in [0.15, 0.2) is 64.2 Å². The second kappa shape index (κ2) is 15.4. The summed E-state index contributed by atoms with van der Waals surface area (Å²) in [4.78, 5) is 23.6. The van der Waals surface area contributed by atoms with Crippen molar-refractivity contribution in [1.82, 2.24) is 9.88 Å². The maximum absolute atomic E-state index is 11.1. The van der Waals surface area contributed by atoms with E-state index in [2.05, 4.69) is 72.2 Å². The molecule has 37 heavy (non-hydrogen) atoms. The molecule has 8 heteroatoms. The number of anilines is 2. The Kier molecular flexibility index (Phi) is 12.0. The average molecular weight is 524 g/mol. The lowest BCUT2D eigenvalue weighted by Gasteiger charge is -2.18. The summed E-state index contributed by atoms with van der Waals surface area (Å²) in [5.41, 5.74) is 4.10. The van der Waals surface area contributed by atoms with E-state index in [9.17, 15) is 4.79 Å². The molecule has 0 spiro atoms. The van der Waals surface area contributed by atoms with Crippen molar-refractivity contribution in [3.8, 4) is 5.88 Å². The highest BCUT2D eigenvalue weighted by atomic mass is 32.2. The van der Waals surface area contributed by atoms with Crippen molar-refractivity contribution in [1.29, 1.82) is 0 Å². The number of rotatable bonds is 9. The molecule has 3 aliphatic rings. The number of pyridine rings is 1. The summed E-state index contributed by atoms with van der Waals surface area (Å²) in [7, 11) is 0. The van der Waals surface area contributed by atoms with E-state index in [0.29, 0.717) is 24.7 Å². The van der Waals surface area contributed by atoms with Crippen molar-refractivity contribution >= 4 is 34.1 Å². The molecule has 4 rings (SSSR count). The van der Waals surface area contributed by atoms with Gasteiger partial charge in [0.1, 0.15) is 5.04 Å². The molecular formula is C29H41N5O2S. The first-order valence-corrected chi connectivity index (χ1v) is 14.1. The van der Waals surface area contributed by atoms with Crippen LogP contribution < -0.4 is 15.4 Å². The number of likely N-dealkylation sites (tertiary alicyclic amines) is 1. The number of allylic oxidation sites excluding steroid dienone is 5. The van der Waals surface area contributed by atoms with Gasteiger partial charge in [-0.3, -0.25) is 14.7 Å². The number of thioether (sulfide) groups is 1. The fraction of sp³-hybridized carbons (Fsp3) is 0.483. The molecular weight excluding hydrogens is 482 g/mol. The zero-order valence-corrected chi connectivity index (χ0v) is 23.3. The average Bonchev–Trinajstić information content (AvgIpc) is 3.29. The van der Waals surface area contributed by atoms with Crippen LogP contribution in [0.3, 0.4) is 0 Å². The van der Waals surface area contributed by atoms with Crippen LogP contribution in [-0.4, -0.2) is 60.2 Å². The normalized spacial score (nSPS) is 17.4. The van der Waals surface area contributed by atoms with Crippen LogP contribution in [0.4, 0.5) is 11.4 Å². The number of carbonyl (C=O) groups excluding carboxylic acids is 1. The van der Waals surface area contributed by atoms with Crippen molar-refractivity contribution in [3.05, 3.63) is 59.2 Å². The van der Waals surface area contributed by atoms with Gasteiger partial charge in [-0.1, -0.05) is 55.5 Å². The number of aromatic nitrogens is 1. The molecule has 0 unspecified atom stereocenters. The fourth-order valence-electron chi connectivity index (χ4n) is 4.07. The Morgan fingerprint density at radius 1 is 1.27 bits per heavy atom. The number of nitrogens with one attached hydrogen (secondary N) is 2. The molecule has 0 aromatic carbocycles. The van der Waals surface area contributed by atoms with Gasteiger partial charge in [-0.15, -0.1) is 0 Å². The number of unbranched alkanes of at least 4 members (excludes halogenated alkanes) is 1. The van der Waals surface area contributed by atoms with Gasteiger partial charge in [-0.05, 0) is 63.6 Å². The molecule has 1 aromatic rings. The number of amides is 1. The van der Waals surface area contributed by atoms with E-state index in [1.807, 2.05) is 6.07 Å². The number of nitrogens with zero attached hydrogens (tertiary/aromatic N) is 3. The first-order valence-electron chi connectivity index (χ1n) is 13.3. The second-order valence-corrected chi connectivity index (χ2v) is 10.4. The maximum Gasteiger partial charge on any atom is 0.243 e. The Morgan fingerprint density at radius 3 is 2.84 bits per heavy atom. The lowest BCUT2D eigenvalue weighted by atomic mass is 10.2. The maximum atomic E-state index is 11.1. The molecule has 1 amide bonds. The Hall–Kier alpha value is -2.84. The zero-order valence-electron chi connectivity index (χ0n) is 22.5. The molecule has 1 fully saturated rings.